The number of rotatable bonds is 36. The van der Waals surface area contributed by atoms with E-state index in [0.29, 0.717) is 6.42 Å². The molecule has 0 saturated carbocycles. The van der Waals surface area contributed by atoms with E-state index in [0.717, 1.165) is 83.5 Å². The smallest absolute Gasteiger partial charge is 0.220 e. The number of unbranched alkanes of at least 4 members (excludes halogenated alkanes) is 16. The Morgan fingerprint density at radius 3 is 1.61 bits per heavy atom. The predicted octanol–water partition coefficient (Wildman–Crippen LogP) is 9.39. The van der Waals surface area contributed by atoms with Crippen LogP contribution in [0.5, 0.6) is 0 Å². The van der Waals surface area contributed by atoms with Crippen LogP contribution in [0.3, 0.4) is 0 Å². The summed E-state index contributed by atoms with van der Waals surface area (Å²) in [6.45, 7) is 3.60. The van der Waals surface area contributed by atoms with Gasteiger partial charge in [0.2, 0.25) is 5.91 Å². The van der Waals surface area contributed by atoms with Gasteiger partial charge in [-0.15, -0.1) is 0 Å². The molecular weight excluding hydrogens is 719 g/mol. The van der Waals surface area contributed by atoms with Gasteiger partial charge in [0.15, 0.2) is 6.29 Å². The number of aliphatic hydroxyl groups excluding tert-OH is 5. The first-order chi connectivity index (χ1) is 27.8. The van der Waals surface area contributed by atoms with Crippen molar-refractivity contribution < 1.29 is 39.8 Å². The van der Waals surface area contributed by atoms with Crippen LogP contribution in [0, 0.1) is 0 Å². The first-order valence-corrected chi connectivity index (χ1v) is 22.7. The topological polar surface area (TPSA) is 149 Å². The number of ether oxygens (including phenoxy) is 2. The molecule has 1 heterocycles. The van der Waals surface area contributed by atoms with Gasteiger partial charge in [-0.2, -0.15) is 0 Å². The number of amides is 1. The van der Waals surface area contributed by atoms with Crippen molar-refractivity contribution in [2.24, 2.45) is 0 Å². The number of nitrogens with one attached hydrogen (secondary N) is 1. The maximum Gasteiger partial charge on any atom is 0.220 e. The fourth-order valence-corrected chi connectivity index (χ4v) is 6.65. The zero-order valence-electron chi connectivity index (χ0n) is 35.8. The fourth-order valence-electron chi connectivity index (χ4n) is 6.65. The number of carbonyl (C=O) groups is 1. The Bertz CT molecular complexity index is 1120. The van der Waals surface area contributed by atoms with E-state index in [9.17, 15) is 30.3 Å². The highest BCUT2D eigenvalue weighted by molar-refractivity contribution is 5.76. The lowest BCUT2D eigenvalue weighted by molar-refractivity contribution is -0.302. The summed E-state index contributed by atoms with van der Waals surface area (Å²) in [6.07, 6.45) is 43.8. The van der Waals surface area contributed by atoms with Crippen LogP contribution in [0.4, 0.5) is 0 Å². The van der Waals surface area contributed by atoms with Crippen LogP contribution >= 0.6 is 0 Å². The third-order valence-corrected chi connectivity index (χ3v) is 10.3. The van der Waals surface area contributed by atoms with Gasteiger partial charge in [0.25, 0.3) is 0 Å². The van der Waals surface area contributed by atoms with E-state index in [-0.39, 0.29) is 12.5 Å². The molecule has 0 aliphatic carbocycles. The van der Waals surface area contributed by atoms with Crippen molar-refractivity contribution >= 4 is 5.91 Å². The molecule has 0 radical (unpaired) electrons. The van der Waals surface area contributed by atoms with E-state index in [4.69, 9.17) is 9.47 Å². The Hall–Kier alpha value is -2.37. The number of hydrogen-bond donors (Lipinski definition) is 6. The lowest BCUT2D eigenvalue weighted by atomic mass is 9.99. The summed E-state index contributed by atoms with van der Waals surface area (Å²) >= 11 is 0. The van der Waals surface area contributed by atoms with E-state index in [1.165, 1.54) is 64.2 Å². The molecule has 1 amide bonds. The molecule has 1 aliphatic heterocycles. The van der Waals surface area contributed by atoms with Gasteiger partial charge < -0.3 is 40.3 Å². The van der Waals surface area contributed by atoms with E-state index < -0.39 is 49.5 Å². The van der Waals surface area contributed by atoms with E-state index >= 15 is 0 Å². The van der Waals surface area contributed by atoms with Crippen molar-refractivity contribution in [2.45, 2.75) is 211 Å². The summed E-state index contributed by atoms with van der Waals surface area (Å²) in [4.78, 5) is 12.9. The Balaban J connectivity index is 2.26. The molecule has 9 heteroatoms. The van der Waals surface area contributed by atoms with Gasteiger partial charge in [-0.25, -0.2) is 0 Å². The summed E-state index contributed by atoms with van der Waals surface area (Å²) in [5.74, 6) is -0.190. The summed E-state index contributed by atoms with van der Waals surface area (Å²) in [7, 11) is 0. The first kappa shape index (κ1) is 52.6. The molecule has 1 aliphatic rings. The van der Waals surface area contributed by atoms with Crippen molar-refractivity contribution in [1.29, 1.82) is 0 Å². The standard InChI is InChI=1S/C48H83NO8/c1-3-5-7-9-11-13-14-15-16-17-18-19-20-21-22-23-24-25-26-27-28-30-32-34-36-38-44(52)49-41(42(51)37-35-33-31-29-12-10-8-6-4-2)40-56-48-47(55)46(54)45(53)43(39-50)57-48/h5,7,11,13,15-16,18-19,21-22,35,37,41-43,45-48,50-51,53-55H,3-4,6,8-10,12,14,17,20,23-34,36,38-40H2,1-2H3,(H,49,52)/b7-5-,13-11-,16-15-,19-18-,22-21-,37-35+. The molecule has 0 aromatic heterocycles. The van der Waals surface area contributed by atoms with Crippen LogP contribution in [-0.4, -0.2) is 87.5 Å². The number of hydrogen-bond acceptors (Lipinski definition) is 8. The van der Waals surface area contributed by atoms with Crippen LogP contribution in [0.25, 0.3) is 0 Å². The maximum absolute atomic E-state index is 12.9. The minimum Gasteiger partial charge on any atom is -0.394 e. The molecule has 57 heavy (non-hydrogen) atoms. The van der Waals surface area contributed by atoms with Crippen LogP contribution in [0.2, 0.25) is 0 Å². The highest BCUT2D eigenvalue weighted by Gasteiger charge is 2.44. The highest BCUT2D eigenvalue weighted by Crippen LogP contribution is 2.22. The van der Waals surface area contributed by atoms with E-state index in [1.807, 2.05) is 6.08 Å². The molecular formula is C48H83NO8. The first-order valence-electron chi connectivity index (χ1n) is 22.7. The second-order valence-electron chi connectivity index (χ2n) is 15.5. The van der Waals surface area contributed by atoms with Gasteiger partial charge in [-0.3, -0.25) is 4.79 Å². The quantitative estimate of drug-likeness (QED) is 0.0271. The lowest BCUT2D eigenvalue weighted by Gasteiger charge is -2.40. The zero-order valence-corrected chi connectivity index (χ0v) is 35.8. The normalized spacial score (nSPS) is 21.7. The fraction of sp³-hybridized carbons (Fsp3) is 0.729. The van der Waals surface area contributed by atoms with Gasteiger partial charge in [-0.1, -0.05) is 170 Å². The van der Waals surface area contributed by atoms with Gasteiger partial charge in [-0.05, 0) is 64.2 Å². The highest BCUT2D eigenvalue weighted by atomic mass is 16.7. The lowest BCUT2D eigenvalue weighted by Crippen LogP contribution is -2.60. The number of allylic oxidation sites excluding steroid dienone is 11. The molecule has 7 atom stereocenters. The van der Waals surface area contributed by atoms with Crippen molar-refractivity contribution in [2.75, 3.05) is 13.2 Å². The van der Waals surface area contributed by atoms with Crippen LogP contribution < -0.4 is 5.32 Å². The molecule has 1 fully saturated rings. The SMILES string of the molecule is CC/C=C\C/C=C\C/C=C\C/C=C\C/C=C\CCCCCCCCCCCC(=O)NC(COC1OC(CO)C(O)C(O)C1O)C(O)/C=C/CCCCCCCCC. The Kier molecular flexibility index (Phi) is 35.0. The molecule has 0 bridgehead atoms. The summed E-state index contributed by atoms with van der Waals surface area (Å²) in [5, 5.41) is 54.0. The van der Waals surface area contributed by atoms with Crippen molar-refractivity contribution in [1.82, 2.24) is 5.32 Å². The van der Waals surface area contributed by atoms with Crippen molar-refractivity contribution in [3.8, 4) is 0 Å². The van der Waals surface area contributed by atoms with Crippen LogP contribution in [-0.2, 0) is 14.3 Å². The average molecular weight is 802 g/mol. The van der Waals surface area contributed by atoms with E-state index in [2.05, 4.69) is 79.9 Å². The number of aliphatic hydroxyl groups is 5. The summed E-state index contributed by atoms with van der Waals surface area (Å²) in [6, 6.07) is -0.809. The monoisotopic (exact) mass is 802 g/mol. The summed E-state index contributed by atoms with van der Waals surface area (Å²) < 4.78 is 11.2. The molecule has 6 N–H and O–H groups in total. The minimum atomic E-state index is -1.57. The number of carbonyl (C=O) groups excluding carboxylic acids is 1. The molecule has 0 aromatic carbocycles. The Morgan fingerprint density at radius 1 is 0.614 bits per heavy atom. The van der Waals surface area contributed by atoms with Gasteiger partial charge >= 0.3 is 0 Å². The second kappa shape index (κ2) is 37.9. The van der Waals surface area contributed by atoms with Crippen LogP contribution in [0.1, 0.15) is 168 Å². The molecule has 1 rings (SSSR count). The summed E-state index contributed by atoms with van der Waals surface area (Å²) in [5.41, 5.74) is 0. The Labute approximate surface area is 347 Å². The zero-order chi connectivity index (χ0) is 41.6. The molecule has 1 saturated heterocycles. The van der Waals surface area contributed by atoms with Gasteiger partial charge in [0.05, 0.1) is 25.4 Å². The Morgan fingerprint density at radius 2 is 1.09 bits per heavy atom. The van der Waals surface area contributed by atoms with Gasteiger partial charge in [0.1, 0.15) is 24.4 Å². The van der Waals surface area contributed by atoms with Crippen molar-refractivity contribution in [3.05, 3.63) is 72.9 Å². The van der Waals surface area contributed by atoms with Gasteiger partial charge in [0, 0.05) is 6.42 Å². The second-order valence-corrected chi connectivity index (χ2v) is 15.5. The third-order valence-electron chi connectivity index (χ3n) is 10.3. The molecule has 0 aromatic rings. The molecule has 0 spiro atoms. The minimum absolute atomic E-state index is 0.190. The molecule has 9 nitrogen and oxygen atoms in total. The van der Waals surface area contributed by atoms with E-state index in [1.54, 1.807) is 6.08 Å². The molecule has 328 valence electrons. The van der Waals surface area contributed by atoms with Crippen LogP contribution in [0.15, 0.2) is 72.9 Å². The average Bonchev–Trinajstić information content (AvgIpc) is 3.21. The maximum atomic E-state index is 12.9. The largest absolute Gasteiger partial charge is 0.394 e. The molecule has 7 unspecified atom stereocenters. The third kappa shape index (κ3) is 28.7. The predicted molar refractivity (Wildman–Crippen MR) is 235 cm³/mol. The van der Waals surface area contributed by atoms with Crippen molar-refractivity contribution in [3.63, 3.8) is 0 Å².